The van der Waals surface area contributed by atoms with Gasteiger partial charge in [-0.1, -0.05) is 0 Å². The maximum atomic E-state index is 11.0. The van der Waals surface area contributed by atoms with Gasteiger partial charge in [0.05, 0.1) is 0 Å². The van der Waals surface area contributed by atoms with E-state index in [1.165, 1.54) is 14.2 Å². The molecule has 0 radical (unpaired) electrons. The fourth-order valence-electron chi connectivity index (χ4n) is 0.496. The highest BCUT2D eigenvalue weighted by Crippen LogP contribution is 2.03. The predicted octanol–water partition coefficient (Wildman–Crippen LogP) is 0.272. The van der Waals surface area contributed by atoms with Gasteiger partial charge in [-0.3, -0.25) is 4.79 Å². The second-order valence-corrected chi connectivity index (χ2v) is 5.10. The summed E-state index contributed by atoms with van der Waals surface area (Å²) in [5.41, 5.74) is -0.155. The number of nitrogens with one attached hydrogen (secondary N) is 1. The third-order valence-corrected chi connectivity index (χ3v) is 4.05. The molecule has 0 aliphatic carbocycles. The lowest BCUT2D eigenvalue weighted by atomic mass is 11.2. The molecule has 0 spiro atoms. The average Bonchev–Trinajstić information content (AvgIpc) is 2.01. The van der Waals surface area contributed by atoms with E-state index in [0.29, 0.717) is 0 Å². The number of hydrogen-bond acceptors (Lipinski definition) is 3. The van der Waals surface area contributed by atoms with Crippen molar-refractivity contribution < 1.29 is 13.6 Å². The molecule has 0 fully saturated rings. The number of carbonyl (C=O) groups is 1. The molecule has 5 heteroatoms. The van der Waals surface area contributed by atoms with E-state index < -0.39 is 8.56 Å². The van der Waals surface area contributed by atoms with Crippen LogP contribution in [0.25, 0.3) is 0 Å². The van der Waals surface area contributed by atoms with E-state index in [1.807, 2.05) is 0 Å². The van der Waals surface area contributed by atoms with Crippen LogP contribution < -0.4 is 5.32 Å². The second kappa shape index (κ2) is 3.70. The first-order valence-electron chi connectivity index (χ1n) is 2.93. The molecule has 0 saturated heterocycles. The molecule has 0 unspecified atom stereocenters. The largest absolute Gasteiger partial charge is 0.432 e. The zero-order valence-electron chi connectivity index (χ0n) is 6.72. The summed E-state index contributed by atoms with van der Waals surface area (Å²) in [4.78, 5) is 11.0. The van der Waals surface area contributed by atoms with Crippen molar-refractivity contribution in [2.24, 2.45) is 0 Å². The second-order valence-electron chi connectivity index (χ2n) is 1.93. The first kappa shape index (κ1) is 9.61. The Kier molecular flexibility index (Phi) is 3.55. The lowest BCUT2D eigenvalue weighted by molar-refractivity contribution is 0.221. The van der Waals surface area contributed by atoms with Crippen molar-refractivity contribution in [1.82, 2.24) is 5.32 Å². The van der Waals surface area contributed by atoms with Gasteiger partial charge in [0.2, 0.25) is 0 Å². The fraction of sp³-hybridized carbons (Fsp3) is 0.800. The molecule has 0 aliphatic rings. The van der Waals surface area contributed by atoms with Gasteiger partial charge < -0.3 is 14.2 Å². The lowest BCUT2D eigenvalue weighted by Crippen LogP contribution is -2.50. The SMILES string of the molecule is CNC(=O)[Si](C)(OC)OC. The normalized spacial score (nSPS) is 11.2. The van der Waals surface area contributed by atoms with Crippen LogP contribution in [-0.4, -0.2) is 35.4 Å². The van der Waals surface area contributed by atoms with Gasteiger partial charge in [0.1, 0.15) is 0 Å². The summed E-state index contributed by atoms with van der Waals surface area (Å²) < 4.78 is 9.89. The smallest absolute Gasteiger partial charge is 0.392 e. The van der Waals surface area contributed by atoms with Crippen LogP contribution in [0.2, 0.25) is 6.55 Å². The summed E-state index contributed by atoms with van der Waals surface area (Å²) in [6.07, 6.45) is 0. The highest BCUT2D eigenvalue weighted by Gasteiger charge is 2.38. The molecule has 0 saturated carbocycles. The van der Waals surface area contributed by atoms with Gasteiger partial charge in [-0.05, 0) is 6.55 Å². The summed E-state index contributed by atoms with van der Waals surface area (Å²) in [5, 5.41) is 2.48. The van der Waals surface area contributed by atoms with Crippen LogP contribution in [-0.2, 0) is 8.85 Å². The number of rotatable bonds is 3. The van der Waals surface area contributed by atoms with Gasteiger partial charge >= 0.3 is 8.56 Å². The third kappa shape index (κ3) is 1.79. The minimum Gasteiger partial charge on any atom is -0.392 e. The van der Waals surface area contributed by atoms with Crippen LogP contribution in [0, 0.1) is 0 Å². The molecule has 0 heterocycles. The van der Waals surface area contributed by atoms with Gasteiger partial charge in [0.25, 0.3) is 5.53 Å². The highest BCUT2D eigenvalue weighted by atomic mass is 28.4. The molecule has 4 nitrogen and oxygen atoms in total. The van der Waals surface area contributed by atoms with Crippen LogP contribution in [0.15, 0.2) is 0 Å². The summed E-state index contributed by atoms with van der Waals surface area (Å²) in [5.74, 6) is 0. The molecule has 0 atom stereocenters. The van der Waals surface area contributed by atoms with Gasteiger partial charge in [-0.15, -0.1) is 0 Å². The van der Waals surface area contributed by atoms with Gasteiger partial charge in [0.15, 0.2) is 0 Å². The van der Waals surface area contributed by atoms with E-state index in [9.17, 15) is 4.79 Å². The van der Waals surface area contributed by atoms with Crippen LogP contribution >= 0.6 is 0 Å². The zero-order chi connectivity index (χ0) is 8.20. The summed E-state index contributed by atoms with van der Waals surface area (Å²) in [7, 11) is 1.96. The maximum Gasteiger partial charge on any atom is 0.432 e. The zero-order valence-corrected chi connectivity index (χ0v) is 7.72. The highest BCUT2D eigenvalue weighted by molar-refractivity contribution is 6.95. The van der Waals surface area contributed by atoms with Gasteiger partial charge in [0, 0.05) is 21.3 Å². The maximum absolute atomic E-state index is 11.0. The van der Waals surface area contributed by atoms with E-state index in [0.717, 1.165) is 0 Å². The van der Waals surface area contributed by atoms with Crippen molar-refractivity contribution in [3.63, 3.8) is 0 Å². The molecule has 10 heavy (non-hydrogen) atoms. The first-order chi connectivity index (χ1) is 4.60. The summed E-state index contributed by atoms with van der Waals surface area (Å²) in [6, 6.07) is 0. The van der Waals surface area contributed by atoms with Crippen molar-refractivity contribution in [3.8, 4) is 0 Å². The molecular formula is C5H13NO3Si. The molecule has 0 bridgehead atoms. The van der Waals surface area contributed by atoms with Gasteiger partial charge in [-0.2, -0.15) is 0 Å². The molecular weight excluding hydrogens is 150 g/mol. The first-order valence-corrected chi connectivity index (χ1v) is 5.25. The van der Waals surface area contributed by atoms with Crippen LogP contribution in [0.5, 0.6) is 0 Å². The predicted molar refractivity (Wildman–Crippen MR) is 40.1 cm³/mol. The summed E-state index contributed by atoms with van der Waals surface area (Å²) >= 11 is 0. The molecule has 0 aromatic rings. The Hall–Kier alpha value is -0.393. The van der Waals surface area contributed by atoms with Crippen LogP contribution in [0.3, 0.4) is 0 Å². The Bertz CT molecular complexity index is 124. The van der Waals surface area contributed by atoms with Crippen LogP contribution in [0.1, 0.15) is 0 Å². The topological polar surface area (TPSA) is 47.6 Å². The van der Waals surface area contributed by atoms with Crippen molar-refractivity contribution in [3.05, 3.63) is 0 Å². The minimum absolute atomic E-state index is 0.155. The van der Waals surface area contributed by atoms with Crippen molar-refractivity contribution in [2.75, 3.05) is 21.3 Å². The third-order valence-electron chi connectivity index (χ3n) is 1.42. The van der Waals surface area contributed by atoms with E-state index in [4.69, 9.17) is 8.85 Å². The number of hydrogen-bond donors (Lipinski definition) is 1. The molecule has 1 amide bonds. The standard InChI is InChI=1S/C5H13NO3Si/c1-6-5(7)10(4,8-2)9-3/h1-4H3,(H,6,7). The molecule has 0 aromatic carbocycles. The fourth-order valence-corrected chi connectivity index (χ4v) is 1.49. The van der Waals surface area contributed by atoms with Crippen molar-refractivity contribution in [2.45, 2.75) is 6.55 Å². The average molecular weight is 163 g/mol. The monoisotopic (exact) mass is 163 g/mol. The van der Waals surface area contributed by atoms with E-state index >= 15 is 0 Å². The van der Waals surface area contributed by atoms with Crippen molar-refractivity contribution >= 4 is 14.1 Å². The number of carbonyl (C=O) groups excluding carboxylic acids is 1. The van der Waals surface area contributed by atoms with E-state index in [2.05, 4.69) is 5.32 Å². The van der Waals surface area contributed by atoms with Crippen LogP contribution in [0.4, 0.5) is 4.79 Å². The Labute approximate surface area is 61.8 Å². The number of amides is 1. The summed E-state index contributed by atoms with van der Waals surface area (Å²) in [6.45, 7) is 1.69. The van der Waals surface area contributed by atoms with E-state index in [-0.39, 0.29) is 5.53 Å². The Balaban J connectivity index is 4.17. The molecule has 60 valence electrons. The van der Waals surface area contributed by atoms with E-state index in [1.54, 1.807) is 13.6 Å². The molecule has 1 N–H and O–H groups in total. The van der Waals surface area contributed by atoms with Crippen molar-refractivity contribution in [1.29, 1.82) is 0 Å². The Morgan fingerprint density at radius 3 is 1.90 bits per heavy atom. The Morgan fingerprint density at radius 2 is 1.80 bits per heavy atom. The molecule has 0 aromatic heterocycles. The molecule has 0 rings (SSSR count). The lowest BCUT2D eigenvalue weighted by Gasteiger charge is -2.19. The molecule has 0 aliphatic heterocycles. The minimum atomic E-state index is -2.55. The Morgan fingerprint density at radius 1 is 1.40 bits per heavy atom. The quantitative estimate of drug-likeness (QED) is 0.608. The van der Waals surface area contributed by atoms with Gasteiger partial charge in [-0.25, -0.2) is 0 Å².